The van der Waals surface area contributed by atoms with Gasteiger partial charge in [0.05, 0.1) is 11.8 Å². The molecule has 0 bridgehead atoms. The van der Waals surface area contributed by atoms with Crippen molar-refractivity contribution in [1.82, 2.24) is 18.7 Å². The molecule has 0 radical (unpaired) electrons. The molecule has 2 aromatic rings. The van der Waals surface area contributed by atoms with Crippen LogP contribution in [0.2, 0.25) is 0 Å². The second-order valence-corrected chi connectivity index (χ2v) is 6.50. The number of aromatic nitrogens is 4. The first-order valence-electron chi connectivity index (χ1n) is 7.84. The molecular formula is C15H22N6O2. The molecule has 1 atom stereocenters. The van der Waals surface area contributed by atoms with E-state index >= 15 is 0 Å². The summed E-state index contributed by atoms with van der Waals surface area (Å²) in [5.74, 6) is 0.906. The minimum Gasteiger partial charge on any atom is -0.294 e. The van der Waals surface area contributed by atoms with E-state index in [0.717, 1.165) is 12.1 Å². The molecule has 0 fully saturated rings. The number of anilines is 1. The van der Waals surface area contributed by atoms with Gasteiger partial charge in [-0.1, -0.05) is 13.8 Å². The van der Waals surface area contributed by atoms with E-state index in [-0.39, 0.29) is 17.3 Å². The molecule has 23 heavy (non-hydrogen) atoms. The average molecular weight is 318 g/mol. The summed E-state index contributed by atoms with van der Waals surface area (Å²) < 4.78 is 4.57. The first-order valence-corrected chi connectivity index (χ1v) is 7.84. The molecule has 3 rings (SSSR count). The van der Waals surface area contributed by atoms with Crippen LogP contribution in [0.4, 0.5) is 5.95 Å². The monoisotopic (exact) mass is 318 g/mol. The van der Waals surface area contributed by atoms with Crippen molar-refractivity contribution in [2.45, 2.75) is 46.7 Å². The van der Waals surface area contributed by atoms with Crippen LogP contribution in [0.25, 0.3) is 11.2 Å². The van der Waals surface area contributed by atoms with E-state index in [4.69, 9.17) is 0 Å². The van der Waals surface area contributed by atoms with E-state index in [1.165, 1.54) is 9.13 Å². The topological polar surface area (TPSA) is 86.2 Å². The highest BCUT2D eigenvalue weighted by Gasteiger charge is 2.26. The Morgan fingerprint density at radius 2 is 2.00 bits per heavy atom. The highest BCUT2D eigenvalue weighted by molar-refractivity contribution is 5.90. The quantitative estimate of drug-likeness (QED) is 0.924. The predicted octanol–water partition coefficient (Wildman–Crippen LogP) is 1.31. The van der Waals surface area contributed by atoms with Crippen molar-refractivity contribution in [1.29, 1.82) is 0 Å². The SMILES string of the molecule is CC1=NNc2nc3c(c(=O)n(CCC(C)C)c(=O)n3C)n2[C@H]1C. The second kappa shape index (κ2) is 5.36. The summed E-state index contributed by atoms with van der Waals surface area (Å²) in [5.41, 5.74) is 3.93. The van der Waals surface area contributed by atoms with Crippen molar-refractivity contribution >= 4 is 22.8 Å². The standard InChI is InChI=1S/C15H22N6O2/c1-8(2)6-7-20-13(22)11-12(19(5)15(20)23)16-14-18-17-9(3)10(4)21(11)14/h8,10H,6-7H2,1-5H3,(H,16,18)/t10-/m0/s1. The Labute approximate surface area is 133 Å². The number of hydrogen-bond donors (Lipinski definition) is 1. The van der Waals surface area contributed by atoms with Crippen LogP contribution >= 0.6 is 0 Å². The predicted molar refractivity (Wildman–Crippen MR) is 90.1 cm³/mol. The van der Waals surface area contributed by atoms with Gasteiger partial charge >= 0.3 is 5.69 Å². The Hall–Kier alpha value is -2.38. The van der Waals surface area contributed by atoms with E-state index in [1.807, 2.05) is 18.4 Å². The van der Waals surface area contributed by atoms with Gasteiger partial charge in [0.2, 0.25) is 5.95 Å². The summed E-state index contributed by atoms with van der Waals surface area (Å²) in [6.07, 6.45) is 0.774. The highest BCUT2D eigenvalue weighted by atomic mass is 16.2. The van der Waals surface area contributed by atoms with Crippen molar-refractivity contribution in [3.63, 3.8) is 0 Å². The van der Waals surface area contributed by atoms with E-state index < -0.39 is 0 Å². The summed E-state index contributed by atoms with van der Waals surface area (Å²) in [5, 5.41) is 4.20. The fraction of sp³-hybridized carbons (Fsp3) is 0.600. The molecule has 0 spiro atoms. The lowest BCUT2D eigenvalue weighted by atomic mass is 10.1. The maximum absolute atomic E-state index is 12.9. The number of nitrogens with one attached hydrogen (secondary N) is 1. The normalized spacial score (nSPS) is 17.3. The molecule has 0 saturated carbocycles. The van der Waals surface area contributed by atoms with Gasteiger partial charge in [0.25, 0.3) is 5.56 Å². The van der Waals surface area contributed by atoms with Crippen molar-refractivity contribution < 1.29 is 0 Å². The van der Waals surface area contributed by atoms with Gasteiger partial charge in [-0.15, -0.1) is 0 Å². The minimum atomic E-state index is -0.330. The third-order valence-electron chi connectivity index (χ3n) is 4.43. The van der Waals surface area contributed by atoms with Gasteiger partial charge in [-0.25, -0.2) is 10.2 Å². The summed E-state index contributed by atoms with van der Waals surface area (Å²) >= 11 is 0. The third-order valence-corrected chi connectivity index (χ3v) is 4.43. The fourth-order valence-electron chi connectivity index (χ4n) is 2.80. The zero-order valence-corrected chi connectivity index (χ0v) is 14.1. The zero-order chi connectivity index (χ0) is 16.9. The Balaban J connectivity index is 2.30. The highest BCUT2D eigenvalue weighted by Crippen LogP contribution is 2.25. The van der Waals surface area contributed by atoms with Gasteiger partial charge < -0.3 is 0 Å². The maximum atomic E-state index is 12.9. The van der Waals surface area contributed by atoms with Crippen LogP contribution in [0.15, 0.2) is 14.7 Å². The Kier molecular flexibility index (Phi) is 3.62. The maximum Gasteiger partial charge on any atom is 0.332 e. The Morgan fingerprint density at radius 3 is 2.65 bits per heavy atom. The molecule has 124 valence electrons. The molecule has 0 unspecified atom stereocenters. The van der Waals surface area contributed by atoms with Crippen LogP contribution in [0.5, 0.6) is 0 Å². The molecule has 1 aliphatic heterocycles. The van der Waals surface area contributed by atoms with E-state index in [9.17, 15) is 9.59 Å². The first kappa shape index (κ1) is 15.5. The molecule has 0 aliphatic carbocycles. The van der Waals surface area contributed by atoms with Gasteiger partial charge in [0.1, 0.15) is 0 Å². The molecule has 3 heterocycles. The average Bonchev–Trinajstić information content (AvgIpc) is 2.89. The lowest BCUT2D eigenvalue weighted by Crippen LogP contribution is -2.40. The summed E-state index contributed by atoms with van der Waals surface area (Å²) in [6.45, 7) is 8.41. The summed E-state index contributed by atoms with van der Waals surface area (Å²) in [4.78, 5) is 29.8. The number of imidazole rings is 1. The zero-order valence-electron chi connectivity index (χ0n) is 14.1. The number of hydrogen-bond acceptors (Lipinski definition) is 5. The van der Waals surface area contributed by atoms with Gasteiger partial charge in [0, 0.05) is 13.6 Å². The molecule has 0 aromatic carbocycles. The van der Waals surface area contributed by atoms with Crippen LogP contribution in [0.1, 0.15) is 40.2 Å². The van der Waals surface area contributed by atoms with Crippen molar-refractivity contribution in [3.8, 4) is 0 Å². The van der Waals surface area contributed by atoms with E-state index in [2.05, 4.69) is 29.4 Å². The minimum absolute atomic E-state index is 0.0833. The second-order valence-electron chi connectivity index (χ2n) is 6.50. The lowest BCUT2D eigenvalue weighted by Gasteiger charge is -2.21. The lowest BCUT2D eigenvalue weighted by molar-refractivity contribution is 0.487. The largest absolute Gasteiger partial charge is 0.332 e. The molecule has 1 aliphatic rings. The van der Waals surface area contributed by atoms with Crippen LogP contribution in [-0.4, -0.2) is 24.4 Å². The van der Waals surface area contributed by atoms with E-state index in [0.29, 0.717) is 29.6 Å². The third kappa shape index (κ3) is 2.29. The summed E-state index contributed by atoms with van der Waals surface area (Å²) in [7, 11) is 1.65. The molecule has 1 N–H and O–H groups in total. The smallest absolute Gasteiger partial charge is 0.294 e. The fourth-order valence-corrected chi connectivity index (χ4v) is 2.80. The Morgan fingerprint density at radius 1 is 1.30 bits per heavy atom. The van der Waals surface area contributed by atoms with Crippen molar-refractivity contribution in [2.75, 3.05) is 5.43 Å². The molecule has 2 aromatic heterocycles. The van der Waals surface area contributed by atoms with Gasteiger partial charge in [0.15, 0.2) is 11.2 Å². The first-order chi connectivity index (χ1) is 10.8. The number of hydrazone groups is 1. The van der Waals surface area contributed by atoms with Crippen molar-refractivity contribution in [3.05, 3.63) is 20.8 Å². The van der Waals surface area contributed by atoms with Crippen LogP contribution in [-0.2, 0) is 13.6 Å². The molecular weight excluding hydrogens is 296 g/mol. The van der Waals surface area contributed by atoms with Crippen LogP contribution < -0.4 is 16.7 Å². The van der Waals surface area contributed by atoms with Gasteiger partial charge in [-0.3, -0.25) is 18.5 Å². The number of aryl methyl sites for hydroxylation is 1. The van der Waals surface area contributed by atoms with Crippen molar-refractivity contribution in [2.24, 2.45) is 18.1 Å². The molecule has 8 nitrogen and oxygen atoms in total. The van der Waals surface area contributed by atoms with Gasteiger partial charge in [-0.05, 0) is 26.2 Å². The van der Waals surface area contributed by atoms with Crippen LogP contribution in [0.3, 0.4) is 0 Å². The van der Waals surface area contributed by atoms with Gasteiger partial charge in [-0.2, -0.15) is 10.1 Å². The molecule has 8 heteroatoms. The van der Waals surface area contributed by atoms with E-state index in [1.54, 1.807) is 7.05 Å². The Bertz CT molecular complexity index is 915. The van der Waals surface area contributed by atoms with Crippen LogP contribution in [0, 0.1) is 5.92 Å². The molecule has 0 saturated heterocycles. The number of nitrogens with zero attached hydrogens (tertiary/aromatic N) is 5. The molecule has 0 amide bonds. The summed E-state index contributed by atoms with van der Waals surface area (Å²) in [6, 6.07) is -0.0833. The number of fused-ring (bicyclic) bond motifs is 3. The number of rotatable bonds is 3.